The fraction of sp³-hybridized carbons (Fsp3) is 0.500. The second-order valence-electron chi connectivity index (χ2n) is 3.97. The number of carboxylic acids is 1. The Labute approximate surface area is 106 Å². The Bertz CT molecular complexity index is 415. The van der Waals surface area contributed by atoms with Crippen molar-refractivity contribution in [2.24, 2.45) is 0 Å². The Morgan fingerprint density at radius 1 is 1.65 bits per heavy atom. The maximum atomic E-state index is 10.8. The topological polar surface area (TPSA) is 53.4 Å². The summed E-state index contributed by atoms with van der Waals surface area (Å²) in [5.74, 6) is -0.822. The van der Waals surface area contributed by atoms with Crippen molar-refractivity contribution < 1.29 is 9.90 Å². The molecule has 0 radical (unpaired) electrons. The van der Waals surface area contributed by atoms with E-state index in [2.05, 4.69) is 11.6 Å². The number of nitrogens with zero attached hydrogens (tertiary/aromatic N) is 2. The predicted molar refractivity (Wildman–Crippen MR) is 69.4 cm³/mol. The molecule has 5 heteroatoms. The molecule has 0 aromatic carbocycles. The van der Waals surface area contributed by atoms with Crippen LogP contribution in [0.5, 0.6) is 0 Å². The molecule has 94 valence electrons. The van der Waals surface area contributed by atoms with Crippen LogP contribution in [0.25, 0.3) is 0 Å². The second-order valence-corrected chi connectivity index (χ2v) is 5.21. The van der Waals surface area contributed by atoms with Gasteiger partial charge in [-0.25, -0.2) is 4.98 Å². The lowest BCUT2D eigenvalue weighted by Crippen LogP contribution is -2.32. The molecule has 0 aliphatic carbocycles. The number of hydrogen-bond acceptors (Lipinski definition) is 4. The number of aliphatic carboxylic acids is 1. The summed E-state index contributed by atoms with van der Waals surface area (Å²) in [7, 11) is 0. The van der Waals surface area contributed by atoms with Gasteiger partial charge in [0.05, 0.1) is 17.2 Å². The van der Waals surface area contributed by atoms with Gasteiger partial charge in [-0.2, -0.15) is 0 Å². The van der Waals surface area contributed by atoms with Gasteiger partial charge in [0.25, 0.3) is 0 Å². The highest BCUT2D eigenvalue weighted by Crippen LogP contribution is 2.28. The van der Waals surface area contributed by atoms with Gasteiger partial charge in [0, 0.05) is 17.5 Å². The van der Waals surface area contributed by atoms with Crippen molar-refractivity contribution in [3.63, 3.8) is 0 Å². The molecule has 0 spiro atoms. The monoisotopic (exact) mass is 254 g/mol. The van der Waals surface area contributed by atoms with Gasteiger partial charge in [0.2, 0.25) is 0 Å². The lowest BCUT2D eigenvalue weighted by Gasteiger charge is -2.25. The molecular weight excluding hydrogens is 236 g/mol. The van der Waals surface area contributed by atoms with Crippen LogP contribution in [0.2, 0.25) is 0 Å². The smallest absolute Gasteiger partial charge is 0.317 e. The average Bonchev–Trinajstić information content (AvgIpc) is 2.55. The largest absolute Gasteiger partial charge is 0.480 e. The van der Waals surface area contributed by atoms with Crippen molar-refractivity contribution in [1.82, 2.24) is 9.88 Å². The molecule has 1 N–H and O–H groups in total. The standard InChI is InChI=1S/C12H18N2O2S/c1-5-6-14(7-11(15)16)9(3)12-8(2)13-10(4)17-12/h5,9H,1,6-7H2,2-4H3,(H,15,16). The van der Waals surface area contributed by atoms with E-state index in [9.17, 15) is 4.79 Å². The number of carbonyl (C=O) groups is 1. The highest BCUT2D eigenvalue weighted by Gasteiger charge is 2.21. The van der Waals surface area contributed by atoms with Gasteiger partial charge in [0.1, 0.15) is 0 Å². The molecule has 1 unspecified atom stereocenters. The SMILES string of the molecule is C=CCN(CC(=O)O)C(C)c1sc(C)nc1C. The summed E-state index contributed by atoms with van der Waals surface area (Å²) in [6, 6.07) is 0.0512. The molecule has 1 aromatic heterocycles. The summed E-state index contributed by atoms with van der Waals surface area (Å²) in [6.45, 7) is 10.2. The summed E-state index contributed by atoms with van der Waals surface area (Å²) in [4.78, 5) is 18.2. The molecule has 0 fully saturated rings. The van der Waals surface area contributed by atoms with Gasteiger partial charge in [0.15, 0.2) is 0 Å². The van der Waals surface area contributed by atoms with Crippen LogP contribution in [0, 0.1) is 13.8 Å². The summed E-state index contributed by atoms with van der Waals surface area (Å²) in [5.41, 5.74) is 0.986. The Morgan fingerprint density at radius 2 is 2.29 bits per heavy atom. The van der Waals surface area contributed by atoms with Crippen LogP contribution in [-0.2, 0) is 4.79 Å². The van der Waals surface area contributed by atoms with Gasteiger partial charge in [-0.05, 0) is 20.8 Å². The Balaban J connectivity index is 2.90. The minimum Gasteiger partial charge on any atom is -0.480 e. The third-order valence-electron chi connectivity index (χ3n) is 2.57. The number of thiazole rings is 1. The first-order valence-corrected chi connectivity index (χ1v) is 6.28. The quantitative estimate of drug-likeness (QED) is 0.792. The Kier molecular flexibility index (Phi) is 4.84. The van der Waals surface area contributed by atoms with E-state index in [0.29, 0.717) is 6.54 Å². The van der Waals surface area contributed by atoms with Crippen LogP contribution >= 0.6 is 11.3 Å². The van der Waals surface area contributed by atoms with E-state index in [1.165, 1.54) is 0 Å². The highest BCUT2D eigenvalue weighted by atomic mass is 32.1. The number of aromatic nitrogens is 1. The van der Waals surface area contributed by atoms with E-state index < -0.39 is 5.97 Å². The maximum absolute atomic E-state index is 10.8. The maximum Gasteiger partial charge on any atom is 0.317 e. The van der Waals surface area contributed by atoms with Gasteiger partial charge in [-0.15, -0.1) is 17.9 Å². The van der Waals surface area contributed by atoms with Crippen LogP contribution in [-0.4, -0.2) is 34.0 Å². The third kappa shape index (κ3) is 3.64. The summed E-state index contributed by atoms with van der Waals surface area (Å²) < 4.78 is 0. The number of rotatable bonds is 6. The molecule has 0 amide bonds. The lowest BCUT2D eigenvalue weighted by atomic mass is 10.2. The minimum absolute atomic E-state index is 0.0174. The van der Waals surface area contributed by atoms with Crippen molar-refractivity contribution >= 4 is 17.3 Å². The fourth-order valence-corrected chi connectivity index (χ4v) is 2.81. The van der Waals surface area contributed by atoms with Gasteiger partial charge in [-0.1, -0.05) is 6.08 Å². The summed E-state index contributed by atoms with van der Waals surface area (Å²) in [5, 5.41) is 9.90. The zero-order valence-electron chi connectivity index (χ0n) is 10.4. The average molecular weight is 254 g/mol. The number of hydrogen-bond donors (Lipinski definition) is 1. The first kappa shape index (κ1) is 13.9. The molecule has 0 aliphatic rings. The van der Waals surface area contributed by atoms with Crippen molar-refractivity contribution in [1.29, 1.82) is 0 Å². The molecule has 1 rings (SSSR count). The molecular formula is C12H18N2O2S. The summed E-state index contributed by atoms with van der Waals surface area (Å²) in [6.07, 6.45) is 1.72. The van der Waals surface area contributed by atoms with E-state index >= 15 is 0 Å². The molecule has 0 bridgehead atoms. The minimum atomic E-state index is -0.822. The van der Waals surface area contributed by atoms with E-state index in [1.807, 2.05) is 25.7 Å². The van der Waals surface area contributed by atoms with Crippen molar-refractivity contribution in [3.8, 4) is 0 Å². The molecule has 1 atom stereocenters. The van der Waals surface area contributed by atoms with E-state index in [-0.39, 0.29) is 12.6 Å². The van der Waals surface area contributed by atoms with Crippen LogP contribution in [0.1, 0.15) is 28.5 Å². The number of carboxylic acid groups (broad SMARTS) is 1. The highest BCUT2D eigenvalue weighted by molar-refractivity contribution is 7.11. The molecule has 0 aliphatic heterocycles. The van der Waals surface area contributed by atoms with Crippen molar-refractivity contribution in [2.75, 3.05) is 13.1 Å². The predicted octanol–water partition coefficient (Wildman–Crippen LogP) is 2.39. The molecule has 0 saturated heterocycles. The Morgan fingerprint density at radius 3 is 2.71 bits per heavy atom. The molecule has 17 heavy (non-hydrogen) atoms. The Hall–Kier alpha value is -1.20. The third-order valence-corrected chi connectivity index (χ3v) is 3.81. The first-order valence-electron chi connectivity index (χ1n) is 5.46. The van der Waals surface area contributed by atoms with E-state index in [4.69, 9.17) is 5.11 Å². The zero-order chi connectivity index (χ0) is 13.0. The second kappa shape index (κ2) is 5.93. The normalized spacial score (nSPS) is 12.7. The lowest BCUT2D eigenvalue weighted by molar-refractivity contribution is -0.138. The molecule has 1 aromatic rings. The summed E-state index contributed by atoms with van der Waals surface area (Å²) >= 11 is 1.62. The zero-order valence-corrected chi connectivity index (χ0v) is 11.3. The van der Waals surface area contributed by atoms with Gasteiger partial charge in [-0.3, -0.25) is 9.69 Å². The van der Waals surface area contributed by atoms with Gasteiger partial charge < -0.3 is 5.11 Å². The van der Waals surface area contributed by atoms with Crippen LogP contribution in [0.4, 0.5) is 0 Å². The molecule has 0 saturated carbocycles. The fourth-order valence-electron chi connectivity index (χ4n) is 1.80. The first-order chi connectivity index (χ1) is 7.95. The van der Waals surface area contributed by atoms with Crippen LogP contribution < -0.4 is 0 Å². The van der Waals surface area contributed by atoms with Crippen molar-refractivity contribution in [2.45, 2.75) is 26.8 Å². The van der Waals surface area contributed by atoms with E-state index in [1.54, 1.807) is 17.4 Å². The van der Waals surface area contributed by atoms with Crippen molar-refractivity contribution in [3.05, 3.63) is 28.2 Å². The molecule has 4 nitrogen and oxygen atoms in total. The molecule has 1 heterocycles. The number of aryl methyl sites for hydroxylation is 2. The van der Waals surface area contributed by atoms with Crippen LogP contribution in [0.3, 0.4) is 0 Å². The van der Waals surface area contributed by atoms with Crippen LogP contribution in [0.15, 0.2) is 12.7 Å². The van der Waals surface area contributed by atoms with Gasteiger partial charge >= 0.3 is 5.97 Å². The van der Waals surface area contributed by atoms with E-state index in [0.717, 1.165) is 15.6 Å².